The first-order valence-electron chi connectivity index (χ1n) is 8.95. The fourth-order valence-electron chi connectivity index (χ4n) is 3.56. The van der Waals surface area contributed by atoms with Crippen LogP contribution in [0.25, 0.3) is 16.9 Å². The summed E-state index contributed by atoms with van der Waals surface area (Å²) in [6, 6.07) is 3.77. The quantitative estimate of drug-likeness (QED) is 0.690. The van der Waals surface area contributed by atoms with Gasteiger partial charge in [-0.25, -0.2) is 8.78 Å². The van der Waals surface area contributed by atoms with Gasteiger partial charge in [0.1, 0.15) is 23.8 Å². The van der Waals surface area contributed by atoms with Crippen molar-refractivity contribution in [3.05, 3.63) is 35.7 Å². The standard InChI is InChI=1S/C19H18F2N6O/c1-11-3-5-26(6-4-11)18-16(15-13(20)7-12(9-22)8-14(15)21)17(28-2)25-19-23-10-24-27(18)19/h7-8,10-11H,3-6H2,1-2H3. The van der Waals surface area contributed by atoms with Gasteiger partial charge in [-0.3, -0.25) is 0 Å². The second-order valence-electron chi connectivity index (χ2n) is 6.89. The van der Waals surface area contributed by atoms with E-state index in [0.29, 0.717) is 24.8 Å². The molecule has 1 aliphatic rings. The minimum absolute atomic E-state index is 0.0524. The lowest BCUT2D eigenvalue weighted by atomic mass is 9.97. The number of fused-ring (bicyclic) bond motifs is 1. The number of aromatic nitrogens is 4. The molecule has 0 bridgehead atoms. The minimum atomic E-state index is -0.859. The first-order valence-corrected chi connectivity index (χ1v) is 8.95. The maximum absolute atomic E-state index is 14.9. The average molecular weight is 384 g/mol. The number of hydrogen-bond acceptors (Lipinski definition) is 6. The molecule has 1 fully saturated rings. The predicted octanol–water partition coefficient (Wildman–Crippen LogP) is 3.19. The Labute approximate surface area is 160 Å². The molecule has 2 aromatic heterocycles. The Hall–Kier alpha value is -3.28. The fourth-order valence-corrected chi connectivity index (χ4v) is 3.56. The normalized spacial score (nSPS) is 15.0. The van der Waals surface area contributed by atoms with Crippen LogP contribution in [-0.2, 0) is 0 Å². The first kappa shape index (κ1) is 18.1. The van der Waals surface area contributed by atoms with Crippen molar-refractivity contribution >= 4 is 11.6 Å². The van der Waals surface area contributed by atoms with Crippen molar-refractivity contribution in [1.82, 2.24) is 19.6 Å². The maximum atomic E-state index is 14.9. The van der Waals surface area contributed by atoms with Crippen LogP contribution in [0.4, 0.5) is 14.6 Å². The summed E-state index contributed by atoms with van der Waals surface area (Å²) in [4.78, 5) is 10.4. The highest BCUT2D eigenvalue weighted by Gasteiger charge is 2.29. The molecule has 0 amide bonds. The molecular weight excluding hydrogens is 366 g/mol. The number of nitrogens with zero attached hydrogens (tertiary/aromatic N) is 6. The van der Waals surface area contributed by atoms with Gasteiger partial charge in [-0.15, -0.1) is 0 Å². The summed E-state index contributed by atoms with van der Waals surface area (Å²) in [5.41, 5.74) is -0.232. The molecule has 0 saturated carbocycles. The van der Waals surface area contributed by atoms with Gasteiger partial charge in [0, 0.05) is 13.1 Å². The van der Waals surface area contributed by atoms with E-state index in [2.05, 4.69) is 22.0 Å². The average Bonchev–Trinajstić information content (AvgIpc) is 3.15. The summed E-state index contributed by atoms with van der Waals surface area (Å²) >= 11 is 0. The zero-order valence-corrected chi connectivity index (χ0v) is 15.5. The summed E-state index contributed by atoms with van der Waals surface area (Å²) in [6.07, 6.45) is 3.23. The summed E-state index contributed by atoms with van der Waals surface area (Å²) < 4.78 is 36.7. The number of hydrogen-bond donors (Lipinski definition) is 0. The van der Waals surface area contributed by atoms with Crippen LogP contribution >= 0.6 is 0 Å². The van der Waals surface area contributed by atoms with Gasteiger partial charge in [-0.2, -0.15) is 24.8 Å². The summed E-state index contributed by atoms with van der Waals surface area (Å²) in [6.45, 7) is 3.59. The molecule has 9 heteroatoms. The van der Waals surface area contributed by atoms with Crippen molar-refractivity contribution in [2.24, 2.45) is 5.92 Å². The van der Waals surface area contributed by atoms with Crippen LogP contribution in [0.2, 0.25) is 0 Å². The number of rotatable bonds is 3. The van der Waals surface area contributed by atoms with Gasteiger partial charge in [0.15, 0.2) is 0 Å². The molecule has 7 nitrogen and oxygen atoms in total. The minimum Gasteiger partial charge on any atom is -0.480 e. The molecule has 0 spiro atoms. The largest absolute Gasteiger partial charge is 0.480 e. The summed E-state index contributed by atoms with van der Waals surface area (Å²) in [7, 11) is 1.39. The zero-order chi connectivity index (χ0) is 19.8. The van der Waals surface area contributed by atoms with Crippen LogP contribution in [-0.4, -0.2) is 39.8 Å². The van der Waals surface area contributed by atoms with E-state index in [9.17, 15) is 8.78 Å². The molecule has 0 atom stereocenters. The molecule has 144 valence electrons. The number of halogens is 2. The van der Waals surface area contributed by atoms with Crippen LogP contribution in [0.5, 0.6) is 5.88 Å². The molecule has 3 aromatic rings. The van der Waals surface area contributed by atoms with Gasteiger partial charge in [-0.1, -0.05) is 6.92 Å². The Bertz CT molecular complexity index is 1060. The highest BCUT2D eigenvalue weighted by Crippen LogP contribution is 2.41. The van der Waals surface area contributed by atoms with Crippen molar-refractivity contribution in [2.75, 3.05) is 25.1 Å². The van der Waals surface area contributed by atoms with E-state index >= 15 is 0 Å². The van der Waals surface area contributed by atoms with Crippen molar-refractivity contribution in [3.63, 3.8) is 0 Å². The van der Waals surface area contributed by atoms with Gasteiger partial charge in [0.05, 0.1) is 29.9 Å². The highest BCUT2D eigenvalue weighted by atomic mass is 19.1. The number of methoxy groups -OCH3 is 1. The molecular formula is C19H18F2N6O. The molecule has 28 heavy (non-hydrogen) atoms. The Morgan fingerprint density at radius 3 is 2.46 bits per heavy atom. The second kappa shape index (κ2) is 7.03. The lowest BCUT2D eigenvalue weighted by Crippen LogP contribution is -2.35. The molecule has 4 rings (SSSR count). The number of ether oxygens (including phenoxy) is 1. The van der Waals surface area contributed by atoms with Crippen LogP contribution in [0.1, 0.15) is 25.3 Å². The monoisotopic (exact) mass is 384 g/mol. The Morgan fingerprint density at radius 2 is 1.86 bits per heavy atom. The van der Waals surface area contributed by atoms with Gasteiger partial charge in [0.25, 0.3) is 5.78 Å². The SMILES string of the molecule is COc1nc2ncnn2c(N2CCC(C)CC2)c1-c1c(F)cc(C#N)cc1F. The topological polar surface area (TPSA) is 79.3 Å². The zero-order valence-electron chi connectivity index (χ0n) is 15.5. The molecule has 0 unspecified atom stereocenters. The molecule has 3 heterocycles. The van der Waals surface area contributed by atoms with Crippen molar-refractivity contribution in [3.8, 4) is 23.1 Å². The summed E-state index contributed by atoms with van der Waals surface area (Å²) in [5.74, 6) is -0.336. The van der Waals surface area contributed by atoms with Gasteiger partial charge in [-0.05, 0) is 30.9 Å². The Balaban J connectivity index is 2.03. The molecule has 1 aromatic carbocycles. The molecule has 1 saturated heterocycles. The van der Waals surface area contributed by atoms with E-state index in [4.69, 9.17) is 10.00 Å². The van der Waals surface area contributed by atoms with Crippen LogP contribution in [0, 0.1) is 28.9 Å². The molecule has 0 N–H and O–H groups in total. The Kier molecular flexibility index (Phi) is 4.55. The van der Waals surface area contributed by atoms with Gasteiger partial charge < -0.3 is 9.64 Å². The van der Waals surface area contributed by atoms with Crippen molar-refractivity contribution < 1.29 is 13.5 Å². The van der Waals surface area contributed by atoms with Gasteiger partial charge >= 0.3 is 0 Å². The third kappa shape index (κ3) is 2.91. The molecule has 0 radical (unpaired) electrons. The van der Waals surface area contributed by atoms with E-state index in [1.165, 1.54) is 18.0 Å². The van der Waals surface area contributed by atoms with Crippen LogP contribution in [0.3, 0.4) is 0 Å². The lowest BCUT2D eigenvalue weighted by molar-refractivity contribution is 0.397. The number of benzene rings is 1. The molecule has 0 aliphatic carbocycles. The smallest absolute Gasteiger partial charge is 0.257 e. The summed E-state index contributed by atoms with van der Waals surface area (Å²) in [5, 5.41) is 13.2. The van der Waals surface area contributed by atoms with Crippen molar-refractivity contribution in [2.45, 2.75) is 19.8 Å². The van der Waals surface area contributed by atoms with Crippen LogP contribution in [0.15, 0.2) is 18.5 Å². The predicted molar refractivity (Wildman–Crippen MR) is 98.0 cm³/mol. The number of nitriles is 1. The maximum Gasteiger partial charge on any atom is 0.257 e. The first-order chi connectivity index (χ1) is 13.5. The highest BCUT2D eigenvalue weighted by molar-refractivity contribution is 5.83. The van der Waals surface area contributed by atoms with E-state index in [0.717, 1.165) is 25.0 Å². The Morgan fingerprint density at radius 1 is 1.18 bits per heavy atom. The van der Waals surface area contributed by atoms with Crippen LogP contribution < -0.4 is 9.64 Å². The third-order valence-corrected chi connectivity index (χ3v) is 5.07. The van der Waals surface area contributed by atoms with E-state index in [-0.39, 0.29) is 28.3 Å². The van der Waals surface area contributed by atoms with E-state index < -0.39 is 11.6 Å². The van der Waals surface area contributed by atoms with Crippen molar-refractivity contribution in [1.29, 1.82) is 5.26 Å². The fraction of sp³-hybridized carbons (Fsp3) is 0.368. The second-order valence-corrected chi connectivity index (χ2v) is 6.89. The van der Waals surface area contributed by atoms with E-state index in [1.54, 1.807) is 6.07 Å². The number of piperidine rings is 1. The van der Waals surface area contributed by atoms with E-state index in [1.807, 2.05) is 4.90 Å². The molecule has 1 aliphatic heterocycles. The third-order valence-electron chi connectivity index (χ3n) is 5.07. The lowest BCUT2D eigenvalue weighted by Gasteiger charge is -2.33. The van der Waals surface area contributed by atoms with Gasteiger partial charge in [0.2, 0.25) is 5.88 Å². The number of anilines is 1.